The molecule has 0 spiro atoms. The fourth-order valence-corrected chi connectivity index (χ4v) is 7.81. The number of hydrogen-bond donors (Lipinski definition) is 4. The average molecular weight is 854 g/mol. The molecule has 0 unspecified atom stereocenters. The van der Waals surface area contributed by atoms with Crippen LogP contribution in [0, 0.1) is 0 Å². The number of unbranched alkanes of at least 4 members (excludes halogenated alkanes) is 2. The third-order valence-electron chi connectivity index (χ3n) is 11.0. The summed E-state index contributed by atoms with van der Waals surface area (Å²) in [5.41, 5.74) is 15.9. The van der Waals surface area contributed by atoms with Crippen LogP contribution in [0.1, 0.15) is 77.6 Å². The van der Waals surface area contributed by atoms with Gasteiger partial charge in [-0.05, 0) is 90.2 Å². The SMILES string of the molecule is CCCCCC(=O)Nc1cccc(CN(Cc2ccccn2)Cc2cc(CCNCc3ccc(-c4ccccc4)cc3)cc(CN(Cc3ccccn3)Cc3cccc(N)n3)c2O)n1. The summed E-state index contributed by atoms with van der Waals surface area (Å²) in [6, 6.07) is 46.6. The van der Waals surface area contributed by atoms with Crippen molar-refractivity contribution in [3.63, 3.8) is 0 Å². The van der Waals surface area contributed by atoms with E-state index in [2.05, 4.69) is 103 Å². The number of carbonyl (C=O) groups excluding carboxylic acids is 1. The Hall–Kier alpha value is -6.79. The highest BCUT2D eigenvalue weighted by Gasteiger charge is 2.19. The number of nitrogens with one attached hydrogen (secondary N) is 2. The summed E-state index contributed by atoms with van der Waals surface area (Å²) < 4.78 is 0. The number of aromatic nitrogens is 4. The number of hydrogen-bond acceptors (Lipinski definition) is 10. The summed E-state index contributed by atoms with van der Waals surface area (Å²) in [7, 11) is 0. The van der Waals surface area contributed by atoms with Crippen molar-refractivity contribution in [2.45, 2.75) is 84.8 Å². The van der Waals surface area contributed by atoms with Gasteiger partial charge in [-0.25, -0.2) is 9.97 Å². The van der Waals surface area contributed by atoms with Gasteiger partial charge in [-0.3, -0.25) is 24.6 Å². The van der Waals surface area contributed by atoms with E-state index in [1.54, 1.807) is 18.5 Å². The lowest BCUT2D eigenvalue weighted by Gasteiger charge is -2.26. The second-order valence-corrected chi connectivity index (χ2v) is 16.3. The summed E-state index contributed by atoms with van der Waals surface area (Å²) >= 11 is 0. The van der Waals surface area contributed by atoms with Crippen LogP contribution in [-0.4, -0.2) is 47.3 Å². The molecule has 0 bridgehead atoms. The molecular weight excluding hydrogens is 795 g/mol. The van der Waals surface area contributed by atoms with Gasteiger partial charge in [0.1, 0.15) is 17.4 Å². The first-order valence-electron chi connectivity index (χ1n) is 22.3. The highest BCUT2D eigenvalue weighted by molar-refractivity contribution is 5.89. The van der Waals surface area contributed by atoms with E-state index in [9.17, 15) is 9.90 Å². The summed E-state index contributed by atoms with van der Waals surface area (Å²) in [5, 5.41) is 18.9. The minimum absolute atomic E-state index is 0.0308. The molecule has 0 saturated heterocycles. The first-order valence-corrected chi connectivity index (χ1v) is 22.3. The van der Waals surface area contributed by atoms with E-state index in [0.29, 0.717) is 57.3 Å². The molecule has 0 atom stereocenters. The largest absolute Gasteiger partial charge is 0.507 e. The van der Waals surface area contributed by atoms with Crippen LogP contribution >= 0.6 is 0 Å². The minimum atomic E-state index is -0.0308. The van der Waals surface area contributed by atoms with E-state index in [4.69, 9.17) is 10.7 Å². The molecule has 11 heteroatoms. The zero-order valence-corrected chi connectivity index (χ0v) is 36.7. The molecule has 4 aromatic heterocycles. The van der Waals surface area contributed by atoms with Gasteiger partial charge in [0.2, 0.25) is 5.91 Å². The Balaban J connectivity index is 1.15. The molecule has 0 aliphatic heterocycles. The molecule has 5 N–H and O–H groups in total. The Morgan fingerprint density at radius 1 is 0.609 bits per heavy atom. The van der Waals surface area contributed by atoms with Gasteiger partial charge in [0, 0.05) is 75.8 Å². The van der Waals surface area contributed by atoms with Gasteiger partial charge in [0.15, 0.2) is 0 Å². The number of nitrogens with two attached hydrogens (primary N) is 1. The molecule has 0 radical (unpaired) electrons. The third kappa shape index (κ3) is 14.1. The van der Waals surface area contributed by atoms with Crippen LogP contribution in [0.15, 0.2) is 152 Å². The normalized spacial score (nSPS) is 11.3. The predicted molar refractivity (Wildman–Crippen MR) is 255 cm³/mol. The monoisotopic (exact) mass is 853 g/mol. The lowest BCUT2D eigenvalue weighted by atomic mass is 10.00. The first-order chi connectivity index (χ1) is 31.4. The van der Waals surface area contributed by atoms with Crippen LogP contribution in [0.3, 0.4) is 0 Å². The minimum Gasteiger partial charge on any atom is -0.507 e. The van der Waals surface area contributed by atoms with E-state index >= 15 is 0 Å². The van der Waals surface area contributed by atoms with E-state index in [1.807, 2.05) is 72.8 Å². The summed E-state index contributed by atoms with van der Waals surface area (Å²) in [5.74, 6) is 1.21. The maximum absolute atomic E-state index is 12.7. The average Bonchev–Trinajstić information content (AvgIpc) is 3.30. The van der Waals surface area contributed by atoms with Crippen molar-refractivity contribution < 1.29 is 9.90 Å². The molecule has 0 aliphatic rings. The Labute approximate surface area is 377 Å². The van der Waals surface area contributed by atoms with Crippen molar-refractivity contribution in [1.29, 1.82) is 0 Å². The van der Waals surface area contributed by atoms with Crippen molar-refractivity contribution in [2.75, 3.05) is 17.6 Å². The number of amides is 1. The number of phenols is 1. The lowest BCUT2D eigenvalue weighted by molar-refractivity contribution is -0.116. The standard InChI is InChI=1S/C53H59N9O2/c1-2-3-5-22-52(63)60-51-21-13-19-49(59-51)39-62(37-47-17-9-11-29-57-47)35-45-32-41(27-30-55-33-40-23-25-43(26-24-40)42-14-6-4-7-15-42)31-44(53(45)64)34-61(36-46-16-8-10-28-56-46)38-48-18-12-20-50(54)58-48/h4,6-21,23-26,28-29,31-32,55,64H,2-3,5,22,27,30,33-39H2,1H3,(H2,54,58)(H,59,60,63). The van der Waals surface area contributed by atoms with Gasteiger partial charge < -0.3 is 21.5 Å². The van der Waals surface area contributed by atoms with E-state index < -0.39 is 0 Å². The van der Waals surface area contributed by atoms with Crippen LogP contribution < -0.4 is 16.4 Å². The van der Waals surface area contributed by atoms with Gasteiger partial charge in [-0.2, -0.15) is 0 Å². The molecule has 0 fully saturated rings. The van der Waals surface area contributed by atoms with E-state index in [0.717, 1.165) is 78.2 Å². The van der Waals surface area contributed by atoms with E-state index in [-0.39, 0.29) is 11.7 Å². The Bertz CT molecular complexity index is 2500. The number of benzene rings is 3. The van der Waals surface area contributed by atoms with Crippen molar-refractivity contribution in [3.05, 3.63) is 197 Å². The fourth-order valence-electron chi connectivity index (χ4n) is 7.81. The molecule has 0 aliphatic carbocycles. The molecule has 7 aromatic rings. The molecule has 64 heavy (non-hydrogen) atoms. The molecule has 7 rings (SSSR count). The third-order valence-corrected chi connectivity index (χ3v) is 11.0. The van der Waals surface area contributed by atoms with Crippen molar-refractivity contribution >= 4 is 17.5 Å². The van der Waals surface area contributed by atoms with Gasteiger partial charge in [0.05, 0.1) is 22.8 Å². The topological polar surface area (TPSA) is 145 Å². The number of nitrogens with zero attached hydrogens (tertiary/aromatic N) is 6. The highest BCUT2D eigenvalue weighted by atomic mass is 16.3. The molecule has 4 heterocycles. The number of pyridine rings is 4. The van der Waals surface area contributed by atoms with Crippen molar-refractivity contribution in [2.24, 2.45) is 0 Å². The van der Waals surface area contributed by atoms with Gasteiger partial charge in [-0.15, -0.1) is 0 Å². The molecular formula is C53H59N9O2. The van der Waals surface area contributed by atoms with Crippen molar-refractivity contribution in [1.82, 2.24) is 35.1 Å². The van der Waals surface area contributed by atoms with E-state index in [1.165, 1.54) is 16.7 Å². The number of anilines is 2. The first kappa shape index (κ1) is 45.2. The number of carbonyl (C=O) groups is 1. The smallest absolute Gasteiger partial charge is 0.225 e. The quantitative estimate of drug-likeness (QED) is 0.0460. The second-order valence-electron chi connectivity index (χ2n) is 16.3. The number of phenolic OH excluding ortho intramolecular Hbond substituents is 1. The van der Waals surface area contributed by atoms with Crippen LogP contribution in [0.4, 0.5) is 11.6 Å². The van der Waals surface area contributed by atoms with Crippen LogP contribution in [0.2, 0.25) is 0 Å². The molecule has 1 amide bonds. The zero-order valence-electron chi connectivity index (χ0n) is 36.7. The maximum Gasteiger partial charge on any atom is 0.225 e. The van der Waals surface area contributed by atoms with Gasteiger partial charge in [-0.1, -0.05) is 111 Å². The predicted octanol–water partition coefficient (Wildman–Crippen LogP) is 9.48. The Morgan fingerprint density at radius 3 is 1.80 bits per heavy atom. The number of aromatic hydroxyl groups is 1. The molecule has 3 aromatic carbocycles. The molecule has 328 valence electrons. The summed E-state index contributed by atoms with van der Waals surface area (Å²) in [6.07, 6.45) is 7.74. The number of rotatable bonds is 23. The fraction of sp³-hybridized carbons (Fsp3) is 0.264. The molecule has 0 saturated carbocycles. The zero-order chi connectivity index (χ0) is 44.4. The van der Waals surface area contributed by atoms with Crippen LogP contribution in [-0.2, 0) is 57.0 Å². The Kier molecular flexibility index (Phi) is 16.7. The summed E-state index contributed by atoms with van der Waals surface area (Å²) in [4.78, 5) is 35.9. The number of nitrogen functional groups attached to an aromatic ring is 1. The van der Waals surface area contributed by atoms with Crippen LogP contribution in [0.5, 0.6) is 5.75 Å². The lowest BCUT2D eigenvalue weighted by Crippen LogP contribution is -2.25. The highest BCUT2D eigenvalue weighted by Crippen LogP contribution is 2.30. The molecule has 11 nitrogen and oxygen atoms in total. The van der Waals surface area contributed by atoms with Crippen molar-refractivity contribution in [3.8, 4) is 16.9 Å². The summed E-state index contributed by atoms with van der Waals surface area (Å²) in [6.45, 7) is 6.52. The van der Waals surface area contributed by atoms with Gasteiger partial charge in [0.25, 0.3) is 0 Å². The Morgan fingerprint density at radius 2 is 1.19 bits per heavy atom. The second kappa shape index (κ2) is 23.6. The van der Waals surface area contributed by atoms with Gasteiger partial charge >= 0.3 is 0 Å². The van der Waals surface area contributed by atoms with Crippen LogP contribution in [0.25, 0.3) is 11.1 Å². The maximum atomic E-state index is 12.7.